The van der Waals surface area contributed by atoms with Crippen LogP contribution in [0, 0.1) is 11.8 Å². The van der Waals surface area contributed by atoms with Crippen molar-refractivity contribution in [3.63, 3.8) is 0 Å². The van der Waals surface area contributed by atoms with Gasteiger partial charge in [0.2, 0.25) is 11.8 Å². The van der Waals surface area contributed by atoms with Crippen LogP contribution < -0.4 is 14.5 Å². The molecule has 0 aromatic heterocycles. The third kappa shape index (κ3) is 3.03. The molecule has 1 saturated heterocycles. The summed E-state index contributed by atoms with van der Waals surface area (Å²) in [7, 11) is 0. The number of fused-ring (bicyclic) bond motifs is 6. The van der Waals surface area contributed by atoms with Crippen molar-refractivity contribution in [2.24, 2.45) is 11.8 Å². The number of ether oxygens (including phenoxy) is 2. The molecule has 37 heavy (non-hydrogen) atoms. The van der Waals surface area contributed by atoms with E-state index in [2.05, 4.69) is 18.7 Å². The molecule has 7 nitrogen and oxygen atoms in total. The van der Waals surface area contributed by atoms with Crippen LogP contribution in [0.25, 0.3) is 0 Å². The molecular formula is C30H28N2O5. The zero-order chi connectivity index (χ0) is 26.1. The SMILES string of the molecule is CCN(CC)c1ccc2c(c1)Oc1cccc(N3C(=O)C(C)C(C)C3=O)c1C21OC(=O)c2ccccc21. The van der Waals surface area contributed by atoms with E-state index in [1.807, 2.05) is 30.3 Å². The Morgan fingerprint density at radius 2 is 1.54 bits per heavy atom. The predicted molar refractivity (Wildman–Crippen MR) is 139 cm³/mol. The van der Waals surface area contributed by atoms with Gasteiger partial charge in [0.1, 0.15) is 11.5 Å². The molecular weight excluding hydrogens is 468 g/mol. The number of hydrogen-bond donors (Lipinski definition) is 0. The number of imide groups is 1. The Labute approximate surface area is 215 Å². The van der Waals surface area contributed by atoms with Gasteiger partial charge in [-0.3, -0.25) is 9.59 Å². The number of rotatable bonds is 4. The highest BCUT2D eigenvalue weighted by Crippen LogP contribution is 2.59. The Bertz CT molecular complexity index is 1460. The molecule has 7 heteroatoms. The molecule has 3 unspecified atom stereocenters. The van der Waals surface area contributed by atoms with Crippen LogP contribution in [0.5, 0.6) is 11.5 Å². The minimum atomic E-state index is -1.37. The van der Waals surface area contributed by atoms with Crippen LogP contribution in [0.2, 0.25) is 0 Å². The van der Waals surface area contributed by atoms with E-state index in [1.165, 1.54) is 4.90 Å². The first-order valence-electron chi connectivity index (χ1n) is 12.7. The lowest BCUT2D eigenvalue weighted by atomic mass is 9.76. The van der Waals surface area contributed by atoms with Crippen LogP contribution in [-0.4, -0.2) is 30.9 Å². The summed E-state index contributed by atoms with van der Waals surface area (Å²) in [5.41, 5.74) is 2.25. The van der Waals surface area contributed by atoms with Gasteiger partial charge in [-0.1, -0.05) is 38.1 Å². The summed E-state index contributed by atoms with van der Waals surface area (Å²) in [4.78, 5) is 43.3. The van der Waals surface area contributed by atoms with Crippen LogP contribution in [0.15, 0.2) is 60.7 Å². The third-order valence-electron chi connectivity index (χ3n) is 8.03. The lowest BCUT2D eigenvalue weighted by Crippen LogP contribution is -2.38. The van der Waals surface area contributed by atoms with E-state index in [1.54, 1.807) is 44.2 Å². The van der Waals surface area contributed by atoms with Crippen molar-refractivity contribution < 1.29 is 23.9 Å². The average molecular weight is 497 g/mol. The van der Waals surface area contributed by atoms with Crippen molar-refractivity contribution in [3.8, 4) is 11.5 Å². The summed E-state index contributed by atoms with van der Waals surface area (Å²) in [6.45, 7) is 9.37. The molecule has 188 valence electrons. The quantitative estimate of drug-likeness (QED) is 0.363. The Morgan fingerprint density at radius 1 is 0.838 bits per heavy atom. The standard InChI is InChI=1S/C30H28N2O5/c1-5-31(6-2)19-14-15-22-25(16-19)36-24-13-9-12-23(32-27(33)17(3)18(4)28(32)34)26(24)30(22)21-11-8-7-10-20(21)29(35)37-30/h7-18H,5-6H2,1-4H3. The molecule has 3 atom stereocenters. The Hall–Kier alpha value is -4.13. The van der Waals surface area contributed by atoms with Crippen molar-refractivity contribution in [1.82, 2.24) is 0 Å². The second-order valence-electron chi connectivity index (χ2n) is 9.81. The summed E-state index contributed by atoms with van der Waals surface area (Å²) in [5.74, 6) is -0.906. The predicted octanol–water partition coefficient (Wildman–Crippen LogP) is 5.25. The summed E-state index contributed by atoms with van der Waals surface area (Å²) >= 11 is 0. The summed E-state index contributed by atoms with van der Waals surface area (Å²) in [5, 5.41) is 0. The van der Waals surface area contributed by atoms with Crippen LogP contribution in [0.4, 0.5) is 11.4 Å². The zero-order valence-electron chi connectivity index (χ0n) is 21.3. The van der Waals surface area contributed by atoms with E-state index in [9.17, 15) is 14.4 Å². The minimum absolute atomic E-state index is 0.277. The maximum atomic E-state index is 13.3. The molecule has 0 bridgehead atoms. The molecule has 2 amide bonds. The molecule has 0 N–H and O–H groups in total. The third-order valence-corrected chi connectivity index (χ3v) is 8.03. The highest BCUT2D eigenvalue weighted by atomic mass is 16.6. The Balaban J connectivity index is 1.66. The van der Waals surface area contributed by atoms with E-state index in [4.69, 9.17) is 9.47 Å². The largest absolute Gasteiger partial charge is 0.456 e. The fourth-order valence-corrected chi connectivity index (χ4v) is 5.85. The highest BCUT2D eigenvalue weighted by molar-refractivity contribution is 6.22. The summed E-state index contributed by atoms with van der Waals surface area (Å²) < 4.78 is 12.8. The van der Waals surface area contributed by atoms with Gasteiger partial charge in [-0.15, -0.1) is 0 Å². The lowest BCUT2D eigenvalue weighted by Gasteiger charge is -2.39. The molecule has 6 rings (SSSR count). The van der Waals surface area contributed by atoms with Gasteiger partial charge in [-0.25, -0.2) is 9.69 Å². The van der Waals surface area contributed by atoms with Crippen LogP contribution >= 0.6 is 0 Å². The number of carbonyl (C=O) groups excluding carboxylic acids is 3. The molecule has 3 aliphatic heterocycles. The van der Waals surface area contributed by atoms with Gasteiger partial charge in [0.25, 0.3) is 0 Å². The molecule has 3 aliphatic rings. The molecule has 3 heterocycles. The number of carbonyl (C=O) groups is 3. The zero-order valence-corrected chi connectivity index (χ0v) is 21.3. The fourth-order valence-electron chi connectivity index (χ4n) is 5.85. The summed E-state index contributed by atoms with van der Waals surface area (Å²) in [6, 6.07) is 18.4. The lowest BCUT2D eigenvalue weighted by molar-refractivity contribution is -0.122. The first kappa shape index (κ1) is 23.3. The van der Waals surface area contributed by atoms with Crippen molar-refractivity contribution in [2.45, 2.75) is 33.3 Å². The van der Waals surface area contributed by atoms with Gasteiger partial charge in [0.05, 0.1) is 16.8 Å². The van der Waals surface area contributed by atoms with E-state index >= 15 is 0 Å². The van der Waals surface area contributed by atoms with Crippen LogP contribution in [-0.2, 0) is 19.9 Å². The smallest absolute Gasteiger partial charge is 0.340 e. The topological polar surface area (TPSA) is 76.2 Å². The Kier molecular flexibility index (Phi) is 5.16. The maximum Gasteiger partial charge on any atom is 0.340 e. The first-order chi connectivity index (χ1) is 17.8. The molecule has 1 spiro atoms. The van der Waals surface area contributed by atoms with E-state index in [-0.39, 0.29) is 11.8 Å². The molecule has 3 aromatic carbocycles. The number of benzene rings is 3. The molecule has 3 aromatic rings. The Morgan fingerprint density at radius 3 is 2.24 bits per heavy atom. The monoisotopic (exact) mass is 496 g/mol. The highest BCUT2D eigenvalue weighted by Gasteiger charge is 2.56. The number of amides is 2. The van der Waals surface area contributed by atoms with Gasteiger partial charge < -0.3 is 14.4 Å². The van der Waals surface area contributed by atoms with Crippen LogP contribution in [0.3, 0.4) is 0 Å². The van der Waals surface area contributed by atoms with Crippen molar-refractivity contribution in [2.75, 3.05) is 22.9 Å². The number of anilines is 2. The number of hydrogen-bond acceptors (Lipinski definition) is 6. The van der Waals surface area contributed by atoms with E-state index < -0.39 is 23.4 Å². The second-order valence-corrected chi connectivity index (χ2v) is 9.81. The van der Waals surface area contributed by atoms with Crippen molar-refractivity contribution >= 4 is 29.2 Å². The summed E-state index contributed by atoms with van der Waals surface area (Å²) in [6.07, 6.45) is 0. The first-order valence-corrected chi connectivity index (χ1v) is 12.7. The van der Waals surface area contributed by atoms with E-state index in [0.29, 0.717) is 39.4 Å². The van der Waals surface area contributed by atoms with Gasteiger partial charge in [0, 0.05) is 47.8 Å². The van der Waals surface area contributed by atoms with Gasteiger partial charge in [0.15, 0.2) is 5.60 Å². The molecule has 0 radical (unpaired) electrons. The van der Waals surface area contributed by atoms with Crippen molar-refractivity contribution in [3.05, 3.63) is 82.9 Å². The second kappa shape index (κ2) is 8.20. The van der Waals surface area contributed by atoms with Gasteiger partial charge in [-0.05, 0) is 44.2 Å². The van der Waals surface area contributed by atoms with Crippen molar-refractivity contribution in [1.29, 1.82) is 0 Å². The normalized spacial score (nSPS) is 23.5. The fraction of sp³-hybridized carbons (Fsp3) is 0.300. The average Bonchev–Trinajstić information content (AvgIpc) is 3.30. The molecule has 1 fully saturated rings. The number of nitrogens with zero attached hydrogens (tertiary/aromatic N) is 2. The molecule has 0 aliphatic carbocycles. The maximum absolute atomic E-state index is 13.3. The molecule has 0 saturated carbocycles. The van der Waals surface area contributed by atoms with E-state index in [0.717, 1.165) is 18.8 Å². The van der Waals surface area contributed by atoms with Gasteiger partial charge in [-0.2, -0.15) is 0 Å². The number of esters is 1. The van der Waals surface area contributed by atoms with Crippen LogP contribution in [0.1, 0.15) is 54.7 Å². The minimum Gasteiger partial charge on any atom is -0.456 e. The van der Waals surface area contributed by atoms with Gasteiger partial charge >= 0.3 is 5.97 Å².